The number of phenols is 2. The molecule has 33 heavy (non-hydrogen) atoms. The van der Waals surface area contributed by atoms with Crippen molar-refractivity contribution in [3.63, 3.8) is 0 Å². The van der Waals surface area contributed by atoms with Gasteiger partial charge in [0.15, 0.2) is 0 Å². The van der Waals surface area contributed by atoms with Crippen molar-refractivity contribution in [2.45, 2.75) is 22.3 Å². The maximum atomic E-state index is 12.8. The van der Waals surface area contributed by atoms with Crippen LogP contribution in [0.3, 0.4) is 0 Å². The van der Waals surface area contributed by atoms with E-state index in [0.29, 0.717) is 25.1 Å². The lowest BCUT2D eigenvalue weighted by Gasteiger charge is -2.13. The summed E-state index contributed by atoms with van der Waals surface area (Å²) < 4.78 is 25.7. The second kappa shape index (κ2) is 11.2. The predicted molar refractivity (Wildman–Crippen MR) is 125 cm³/mol. The zero-order valence-corrected chi connectivity index (χ0v) is 19.1. The highest BCUT2D eigenvalue weighted by Gasteiger charge is 2.20. The summed E-state index contributed by atoms with van der Waals surface area (Å²) in [7, 11) is -3.89. The number of rotatable bonds is 9. The molecule has 0 saturated heterocycles. The Morgan fingerprint density at radius 1 is 0.970 bits per heavy atom. The van der Waals surface area contributed by atoms with E-state index in [9.17, 15) is 28.5 Å². The Hall–Kier alpha value is -3.11. The van der Waals surface area contributed by atoms with E-state index in [1.807, 2.05) is 0 Å². The van der Waals surface area contributed by atoms with Crippen LogP contribution in [0.15, 0.2) is 76.5 Å². The van der Waals surface area contributed by atoms with Crippen molar-refractivity contribution in [2.24, 2.45) is 5.73 Å². The lowest BCUT2D eigenvalue weighted by molar-refractivity contribution is 0.0997. The van der Waals surface area contributed by atoms with E-state index < -0.39 is 21.8 Å². The Morgan fingerprint density at radius 3 is 2.27 bits per heavy atom. The number of aliphatic hydroxyl groups excluding tert-OH is 1. The number of nitrogens with one attached hydrogen (secondary N) is 1. The summed E-state index contributed by atoms with van der Waals surface area (Å²) >= 11 is 0. The minimum Gasteiger partial charge on any atom is -0.508 e. The van der Waals surface area contributed by atoms with Gasteiger partial charge in [0.2, 0.25) is 9.84 Å². The maximum Gasteiger partial charge on any atom is 0.252 e. The first-order valence-electron chi connectivity index (χ1n) is 9.83. The van der Waals surface area contributed by atoms with E-state index in [1.54, 1.807) is 24.3 Å². The number of halogens is 1. The first-order chi connectivity index (χ1) is 15.2. The number of carbonyl (C=O) groups is 1. The van der Waals surface area contributed by atoms with Gasteiger partial charge in [-0.15, -0.1) is 12.4 Å². The minimum absolute atomic E-state index is 0. The zero-order valence-electron chi connectivity index (χ0n) is 17.5. The summed E-state index contributed by atoms with van der Waals surface area (Å²) in [6.07, 6.45) is -0.150. The van der Waals surface area contributed by atoms with Gasteiger partial charge in [0.1, 0.15) is 11.5 Å². The summed E-state index contributed by atoms with van der Waals surface area (Å²) in [5.74, 6) is -1.21. The molecule has 0 aliphatic carbocycles. The fourth-order valence-corrected chi connectivity index (χ4v) is 4.46. The van der Waals surface area contributed by atoms with Gasteiger partial charge in [-0.05, 0) is 66.6 Å². The van der Waals surface area contributed by atoms with Crippen molar-refractivity contribution in [3.8, 4) is 11.5 Å². The first kappa shape index (κ1) is 26.1. The van der Waals surface area contributed by atoms with Gasteiger partial charge in [-0.2, -0.15) is 0 Å². The third-order valence-electron chi connectivity index (χ3n) is 4.96. The first-order valence-corrected chi connectivity index (χ1v) is 11.3. The van der Waals surface area contributed by atoms with Crippen LogP contribution in [0.2, 0.25) is 0 Å². The van der Waals surface area contributed by atoms with Crippen LogP contribution in [0.5, 0.6) is 11.5 Å². The average Bonchev–Trinajstić information content (AvgIpc) is 2.77. The number of aromatic hydroxyl groups is 2. The molecule has 8 nitrogen and oxygen atoms in total. The van der Waals surface area contributed by atoms with Gasteiger partial charge in [0.25, 0.3) is 5.91 Å². The summed E-state index contributed by atoms with van der Waals surface area (Å²) in [6, 6.07) is 16.2. The lowest BCUT2D eigenvalue weighted by atomic mass is 10.1. The second-order valence-electron chi connectivity index (χ2n) is 7.26. The van der Waals surface area contributed by atoms with E-state index in [-0.39, 0.29) is 39.3 Å². The number of hydrogen-bond donors (Lipinski definition) is 5. The SMILES string of the molecule is Cl.NC(=O)c1cc(S(=O)(=O)c2ccc(CCNC[C@H](O)c3cccc(O)c3)cc2)ccc1O. The number of carbonyl (C=O) groups excluding carboxylic acids is 1. The standard InChI is InChI=1S/C23H24N2O6S.ClH/c24-23(29)20-13-19(8-9-21(20)27)32(30,31)18-6-4-15(5-7-18)10-11-25-14-22(28)16-2-1-3-17(26)12-16;/h1-9,12-13,22,25-28H,10-11,14H2,(H2,24,29);1H/t22-;/m0./s1. The number of sulfone groups is 1. The molecule has 1 atom stereocenters. The molecule has 0 bridgehead atoms. The molecule has 0 spiro atoms. The number of phenolic OH excluding ortho intramolecular Hbond substituents is 1. The molecule has 0 aromatic heterocycles. The van der Waals surface area contributed by atoms with Crippen LogP contribution in [-0.2, 0) is 16.3 Å². The molecule has 1 amide bonds. The molecule has 0 unspecified atom stereocenters. The fourth-order valence-electron chi connectivity index (χ4n) is 3.17. The molecule has 0 radical (unpaired) electrons. The highest BCUT2D eigenvalue weighted by Crippen LogP contribution is 2.26. The molecule has 0 fully saturated rings. The van der Waals surface area contributed by atoms with Crippen molar-refractivity contribution in [3.05, 3.63) is 83.4 Å². The second-order valence-corrected chi connectivity index (χ2v) is 9.21. The van der Waals surface area contributed by atoms with E-state index >= 15 is 0 Å². The lowest BCUT2D eigenvalue weighted by Crippen LogP contribution is -2.23. The van der Waals surface area contributed by atoms with Gasteiger partial charge in [-0.1, -0.05) is 24.3 Å². The number of aliphatic hydroxyl groups is 1. The van der Waals surface area contributed by atoms with E-state index in [1.165, 1.54) is 30.3 Å². The molecule has 3 aromatic rings. The molecule has 3 aromatic carbocycles. The smallest absolute Gasteiger partial charge is 0.252 e. The molecule has 6 N–H and O–H groups in total. The summed E-state index contributed by atoms with van der Waals surface area (Å²) in [6.45, 7) is 0.862. The average molecular weight is 493 g/mol. The molecule has 3 rings (SSSR count). The number of nitrogens with two attached hydrogens (primary N) is 1. The van der Waals surface area contributed by atoms with Gasteiger partial charge in [-0.3, -0.25) is 4.79 Å². The zero-order chi connectivity index (χ0) is 23.3. The Morgan fingerprint density at radius 2 is 1.64 bits per heavy atom. The number of amides is 1. The molecule has 0 heterocycles. The fraction of sp³-hybridized carbons (Fsp3) is 0.174. The van der Waals surface area contributed by atoms with Crippen LogP contribution in [-0.4, -0.2) is 42.7 Å². The third kappa shape index (κ3) is 6.45. The topological polar surface area (TPSA) is 150 Å². The Kier molecular flexibility index (Phi) is 8.84. The summed E-state index contributed by atoms with van der Waals surface area (Å²) in [5.41, 5.74) is 6.42. The Labute approximate surface area is 198 Å². The van der Waals surface area contributed by atoms with Crippen LogP contribution in [0, 0.1) is 0 Å². The van der Waals surface area contributed by atoms with Crippen LogP contribution in [0.25, 0.3) is 0 Å². The number of primary amides is 1. The quantitative estimate of drug-likeness (QED) is 0.287. The summed E-state index contributed by atoms with van der Waals surface area (Å²) in [4.78, 5) is 11.3. The number of benzene rings is 3. The van der Waals surface area contributed by atoms with Crippen LogP contribution in [0.4, 0.5) is 0 Å². The highest BCUT2D eigenvalue weighted by molar-refractivity contribution is 7.91. The normalized spacial score (nSPS) is 12.0. The molecule has 176 valence electrons. The Balaban J connectivity index is 0.00000385. The van der Waals surface area contributed by atoms with Crippen LogP contribution in [0.1, 0.15) is 27.6 Å². The predicted octanol–water partition coefficient (Wildman–Crippen LogP) is 2.32. The molecule has 10 heteroatoms. The van der Waals surface area contributed by atoms with Crippen molar-refractivity contribution < 1.29 is 28.5 Å². The molecular weight excluding hydrogens is 468 g/mol. The summed E-state index contributed by atoms with van der Waals surface area (Å²) in [5, 5.41) is 32.4. The van der Waals surface area contributed by atoms with E-state index in [2.05, 4.69) is 5.32 Å². The number of hydrogen-bond acceptors (Lipinski definition) is 7. The van der Waals surface area contributed by atoms with Gasteiger partial charge >= 0.3 is 0 Å². The largest absolute Gasteiger partial charge is 0.508 e. The highest BCUT2D eigenvalue weighted by atomic mass is 35.5. The van der Waals surface area contributed by atoms with Crippen LogP contribution < -0.4 is 11.1 Å². The van der Waals surface area contributed by atoms with Crippen molar-refractivity contribution >= 4 is 28.2 Å². The van der Waals surface area contributed by atoms with Gasteiger partial charge < -0.3 is 26.4 Å². The van der Waals surface area contributed by atoms with Crippen molar-refractivity contribution in [1.82, 2.24) is 5.32 Å². The maximum absolute atomic E-state index is 12.8. The minimum atomic E-state index is -3.89. The molecule has 0 aliphatic rings. The van der Waals surface area contributed by atoms with Gasteiger partial charge in [0.05, 0.1) is 21.5 Å². The molecular formula is C23H25ClN2O6S. The monoisotopic (exact) mass is 492 g/mol. The Bertz CT molecular complexity index is 1220. The van der Waals surface area contributed by atoms with Crippen LogP contribution >= 0.6 is 12.4 Å². The van der Waals surface area contributed by atoms with Gasteiger partial charge in [0, 0.05) is 6.54 Å². The molecule has 0 saturated carbocycles. The third-order valence-corrected chi connectivity index (χ3v) is 6.73. The van der Waals surface area contributed by atoms with E-state index in [0.717, 1.165) is 17.7 Å². The molecule has 0 aliphatic heterocycles. The van der Waals surface area contributed by atoms with Gasteiger partial charge in [-0.25, -0.2) is 8.42 Å². The van der Waals surface area contributed by atoms with Crippen molar-refractivity contribution in [2.75, 3.05) is 13.1 Å². The van der Waals surface area contributed by atoms with Crippen molar-refractivity contribution in [1.29, 1.82) is 0 Å². The van der Waals surface area contributed by atoms with E-state index in [4.69, 9.17) is 5.73 Å².